The van der Waals surface area contributed by atoms with Gasteiger partial charge in [0.05, 0.1) is 5.54 Å². The van der Waals surface area contributed by atoms with Gasteiger partial charge in [-0.15, -0.1) is 0 Å². The van der Waals surface area contributed by atoms with Crippen molar-refractivity contribution in [2.24, 2.45) is 5.73 Å². The third-order valence-electron chi connectivity index (χ3n) is 4.35. The molecule has 2 aromatic rings. The van der Waals surface area contributed by atoms with Crippen molar-refractivity contribution in [2.45, 2.75) is 47.1 Å². The van der Waals surface area contributed by atoms with Gasteiger partial charge < -0.3 is 5.73 Å². The summed E-state index contributed by atoms with van der Waals surface area (Å²) in [4.78, 5) is 0. The molecule has 0 aliphatic carbocycles. The Kier molecular flexibility index (Phi) is 3.75. The number of rotatable bonds is 2. The fraction of sp³-hybridized carbons (Fsp3) is 0.368. The molecule has 2 N–H and O–H groups in total. The molecule has 1 unspecified atom stereocenters. The highest BCUT2D eigenvalue weighted by atomic mass is 14.7. The molecule has 0 fully saturated rings. The first-order chi connectivity index (χ1) is 9.23. The van der Waals surface area contributed by atoms with Gasteiger partial charge in [-0.25, -0.2) is 0 Å². The first kappa shape index (κ1) is 14.8. The molecular weight excluding hydrogens is 242 g/mol. The maximum atomic E-state index is 6.75. The maximum absolute atomic E-state index is 6.75. The van der Waals surface area contributed by atoms with Crippen molar-refractivity contribution in [3.05, 3.63) is 69.3 Å². The molecule has 0 spiro atoms. The summed E-state index contributed by atoms with van der Waals surface area (Å²) >= 11 is 0. The molecule has 1 nitrogen and oxygen atoms in total. The molecule has 0 aliphatic rings. The SMILES string of the molecule is Cc1ccc(C)c(C(C)(N)c2cc(C)c(C)cc2C)c1. The van der Waals surface area contributed by atoms with Crippen LogP contribution in [-0.4, -0.2) is 0 Å². The van der Waals surface area contributed by atoms with E-state index >= 15 is 0 Å². The van der Waals surface area contributed by atoms with Gasteiger partial charge in [-0.2, -0.15) is 0 Å². The molecule has 20 heavy (non-hydrogen) atoms. The summed E-state index contributed by atoms with van der Waals surface area (Å²) in [7, 11) is 0. The fourth-order valence-corrected chi connectivity index (χ4v) is 2.96. The van der Waals surface area contributed by atoms with Gasteiger partial charge >= 0.3 is 0 Å². The van der Waals surface area contributed by atoms with E-state index < -0.39 is 5.54 Å². The molecule has 2 aromatic carbocycles. The molecule has 0 saturated carbocycles. The van der Waals surface area contributed by atoms with Crippen molar-refractivity contribution in [3.63, 3.8) is 0 Å². The van der Waals surface area contributed by atoms with E-state index in [4.69, 9.17) is 5.73 Å². The lowest BCUT2D eigenvalue weighted by Crippen LogP contribution is -2.36. The summed E-state index contributed by atoms with van der Waals surface area (Å²) in [5, 5.41) is 0. The average Bonchev–Trinajstić information content (AvgIpc) is 2.36. The maximum Gasteiger partial charge on any atom is 0.0642 e. The van der Waals surface area contributed by atoms with Gasteiger partial charge in [0.1, 0.15) is 0 Å². The molecular formula is C19H25N. The minimum Gasteiger partial charge on any atom is -0.318 e. The van der Waals surface area contributed by atoms with Gasteiger partial charge in [0.2, 0.25) is 0 Å². The highest BCUT2D eigenvalue weighted by Gasteiger charge is 2.27. The fourth-order valence-electron chi connectivity index (χ4n) is 2.96. The average molecular weight is 267 g/mol. The van der Waals surface area contributed by atoms with Crippen LogP contribution in [0.2, 0.25) is 0 Å². The van der Waals surface area contributed by atoms with Crippen molar-refractivity contribution in [1.82, 2.24) is 0 Å². The summed E-state index contributed by atoms with van der Waals surface area (Å²) in [5.41, 5.74) is 15.1. The Morgan fingerprint density at radius 3 is 1.90 bits per heavy atom. The van der Waals surface area contributed by atoms with Crippen LogP contribution < -0.4 is 5.73 Å². The van der Waals surface area contributed by atoms with Crippen molar-refractivity contribution in [2.75, 3.05) is 0 Å². The quantitative estimate of drug-likeness (QED) is 0.854. The van der Waals surface area contributed by atoms with Crippen LogP contribution in [0, 0.1) is 34.6 Å². The van der Waals surface area contributed by atoms with E-state index in [0.29, 0.717) is 0 Å². The molecule has 0 amide bonds. The van der Waals surface area contributed by atoms with E-state index in [1.807, 2.05) is 0 Å². The molecule has 1 atom stereocenters. The second-order valence-electron chi connectivity index (χ2n) is 6.27. The molecule has 1 heteroatoms. The summed E-state index contributed by atoms with van der Waals surface area (Å²) in [6.45, 7) is 12.8. The molecule has 0 radical (unpaired) electrons. The Morgan fingerprint density at radius 2 is 1.25 bits per heavy atom. The monoisotopic (exact) mass is 267 g/mol. The van der Waals surface area contributed by atoms with Crippen molar-refractivity contribution >= 4 is 0 Å². The first-order valence-corrected chi connectivity index (χ1v) is 7.18. The highest BCUT2D eigenvalue weighted by Crippen LogP contribution is 2.33. The lowest BCUT2D eigenvalue weighted by Gasteiger charge is -2.30. The zero-order chi connectivity index (χ0) is 15.1. The molecule has 0 heterocycles. The first-order valence-electron chi connectivity index (χ1n) is 7.18. The number of benzene rings is 2. The smallest absolute Gasteiger partial charge is 0.0642 e. The largest absolute Gasteiger partial charge is 0.318 e. The minimum atomic E-state index is -0.460. The van der Waals surface area contributed by atoms with Crippen molar-refractivity contribution < 1.29 is 0 Å². The molecule has 0 bridgehead atoms. The van der Waals surface area contributed by atoms with Gasteiger partial charge in [-0.05, 0) is 74.9 Å². The molecule has 0 saturated heterocycles. The third-order valence-corrected chi connectivity index (χ3v) is 4.35. The van der Waals surface area contributed by atoms with Crippen LogP contribution in [0.5, 0.6) is 0 Å². The van der Waals surface area contributed by atoms with Gasteiger partial charge in [-0.3, -0.25) is 0 Å². The lowest BCUT2D eigenvalue weighted by atomic mass is 9.79. The van der Waals surface area contributed by atoms with Crippen LogP contribution in [0.3, 0.4) is 0 Å². The Balaban J connectivity index is 2.66. The number of hydrogen-bond acceptors (Lipinski definition) is 1. The van der Waals surface area contributed by atoms with E-state index in [1.165, 1.54) is 38.9 Å². The summed E-state index contributed by atoms with van der Waals surface area (Å²) < 4.78 is 0. The van der Waals surface area contributed by atoms with E-state index in [1.54, 1.807) is 0 Å². The molecule has 2 rings (SSSR count). The van der Waals surface area contributed by atoms with Crippen LogP contribution in [-0.2, 0) is 5.54 Å². The van der Waals surface area contributed by atoms with E-state index in [9.17, 15) is 0 Å². The van der Waals surface area contributed by atoms with Gasteiger partial charge in [0, 0.05) is 0 Å². The van der Waals surface area contributed by atoms with Gasteiger partial charge in [0.15, 0.2) is 0 Å². The Hall–Kier alpha value is -1.60. The Bertz CT molecular complexity index is 651. The molecule has 106 valence electrons. The van der Waals surface area contributed by atoms with Crippen LogP contribution in [0.15, 0.2) is 30.3 Å². The normalized spacial score (nSPS) is 14.2. The second-order valence-corrected chi connectivity index (χ2v) is 6.27. The van der Waals surface area contributed by atoms with Crippen molar-refractivity contribution in [1.29, 1.82) is 0 Å². The standard InChI is InChI=1S/C19H25N/c1-12-7-8-13(2)17(9-12)19(6,20)18-11-15(4)14(3)10-16(18)5/h7-11H,20H2,1-6H3. The summed E-state index contributed by atoms with van der Waals surface area (Å²) in [6.07, 6.45) is 0. The number of nitrogens with two attached hydrogens (primary N) is 1. The number of hydrogen-bond donors (Lipinski definition) is 1. The zero-order valence-electron chi connectivity index (χ0n) is 13.5. The second kappa shape index (κ2) is 5.06. The van der Waals surface area contributed by atoms with Crippen LogP contribution >= 0.6 is 0 Å². The Labute approximate surface area is 122 Å². The minimum absolute atomic E-state index is 0.460. The van der Waals surface area contributed by atoms with Crippen LogP contribution in [0.25, 0.3) is 0 Å². The highest BCUT2D eigenvalue weighted by molar-refractivity contribution is 5.48. The molecule has 0 aliphatic heterocycles. The Morgan fingerprint density at radius 1 is 0.700 bits per heavy atom. The van der Waals surface area contributed by atoms with E-state index in [2.05, 4.69) is 71.9 Å². The van der Waals surface area contributed by atoms with Gasteiger partial charge in [-0.1, -0.05) is 35.9 Å². The topological polar surface area (TPSA) is 26.0 Å². The van der Waals surface area contributed by atoms with Crippen LogP contribution in [0.1, 0.15) is 45.9 Å². The zero-order valence-corrected chi connectivity index (χ0v) is 13.5. The summed E-state index contributed by atoms with van der Waals surface area (Å²) in [6, 6.07) is 11.0. The van der Waals surface area contributed by atoms with Crippen molar-refractivity contribution in [3.8, 4) is 0 Å². The van der Waals surface area contributed by atoms with E-state index in [0.717, 1.165) is 0 Å². The van der Waals surface area contributed by atoms with E-state index in [-0.39, 0.29) is 0 Å². The predicted molar refractivity (Wildman–Crippen MR) is 87.2 cm³/mol. The van der Waals surface area contributed by atoms with Crippen LogP contribution in [0.4, 0.5) is 0 Å². The predicted octanol–water partition coefficient (Wildman–Crippen LogP) is 4.45. The molecule has 0 aromatic heterocycles. The third kappa shape index (κ3) is 2.51. The lowest BCUT2D eigenvalue weighted by molar-refractivity contribution is 0.593. The summed E-state index contributed by atoms with van der Waals surface area (Å²) in [5.74, 6) is 0. The van der Waals surface area contributed by atoms with Gasteiger partial charge in [0.25, 0.3) is 0 Å². The number of aryl methyl sites for hydroxylation is 5.